The first-order chi connectivity index (χ1) is 8.15. The molecule has 0 fully saturated rings. The number of aromatic carboxylic acids is 1. The molecule has 0 aliphatic rings. The molecular formula is C13H17NO3. The summed E-state index contributed by atoms with van der Waals surface area (Å²) in [5.74, 6) is -1.07. The van der Waals surface area contributed by atoms with E-state index in [9.17, 15) is 9.59 Å². The highest BCUT2D eigenvalue weighted by molar-refractivity contribution is 5.87. The lowest BCUT2D eigenvalue weighted by molar-refractivity contribution is 0.0696. The monoisotopic (exact) mass is 235 g/mol. The predicted octanol–water partition coefficient (Wildman–Crippen LogP) is 2.29. The Morgan fingerprint density at radius 1 is 1.41 bits per heavy atom. The molecule has 0 spiro atoms. The maximum Gasteiger partial charge on any atom is 0.335 e. The van der Waals surface area contributed by atoms with Crippen LogP contribution in [0.4, 0.5) is 0 Å². The van der Waals surface area contributed by atoms with Gasteiger partial charge in [0.1, 0.15) is 0 Å². The van der Waals surface area contributed by atoms with Gasteiger partial charge in [0.25, 0.3) is 5.56 Å². The van der Waals surface area contributed by atoms with Crippen molar-refractivity contribution < 1.29 is 9.90 Å². The molecule has 0 radical (unpaired) electrons. The van der Waals surface area contributed by atoms with Crippen molar-refractivity contribution in [1.29, 1.82) is 0 Å². The van der Waals surface area contributed by atoms with Crippen molar-refractivity contribution in [3.8, 4) is 0 Å². The topological polar surface area (TPSA) is 59.3 Å². The smallest absolute Gasteiger partial charge is 0.335 e. The number of carbonyl (C=O) groups is 1. The van der Waals surface area contributed by atoms with Crippen LogP contribution in [0, 0.1) is 0 Å². The minimum atomic E-state index is -1.07. The summed E-state index contributed by atoms with van der Waals surface area (Å²) in [6.45, 7) is 4.28. The first-order valence-corrected chi connectivity index (χ1v) is 5.70. The number of carboxylic acids is 1. The average molecular weight is 235 g/mol. The zero-order valence-corrected chi connectivity index (χ0v) is 9.76. The molecule has 4 nitrogen and oxygen atoms in total. The second kappa shape index (κ2) is 6.68. The number of carboxylic acid groups (broad SMARTS) is 1. The van der Waals surface area contributed by atoms with Gasteiger partial charge in [-0.25, -0.2) is 4.79 Å². The van der Waals surface area contributed by atoms with Crippen LogP contribution in [0.3, 0.4) is 0 Å². The number of allylic oxidation sites excluding steroid dienone is 1. The number of hydrogen-bond acceptors (Lipinski definition) is 2. The SMILES string of the molecule is C=CCCCCCn1ccc(C(=O)O)cc1=O. The van der Waals surface area contributed by atoms with Crippen molar-refractivity contribution in [2.75, 3.05) is 0 Å². The van der Waals surface area contributed by atoms with Crippen LogP contribution in [-0.2, 0) is 6.54 Å². The van der Waals surface area contributed by atoms with Crippen molar-refractivity contribution in [3.05, 3.63) is 46.9 Å². The summed E-state index contributed by atoms with van der Waals surface area (Å²) >= 11 is 0. The Bertz CT molecular complexity index is 448. The second-order valence-corrected chi connectivity index (χ2v) is 3.89. The Morgan fingerprint density at radius 2 is 2.18 bits per heavy atom. The quantitative estimate of drug-likeness (QED) is 0.582. The van der Waals surface area contributed by atoms with Gasteiger partial charge in [-0.15, -0.1) is 6.58 Å². The molecule has 92 valence electrons. The van der Waals surface area contributed by atoms with Gasteiger partial charge in [0, 0.05) is 18.8 Å². The lowest BCUT2D eigenvalue weighted by Crippen LogP contribution is -2.20. The number of aromatic nitrogens is 1. The lowest BCUT2D eigenvalue weighted by atomic mass is 10.2. The number of unbranched alkanes of at least 4 members (excludes halogenated alkanes) is 3. The molecule has 17 heavy (non-hydrogen) atoms. The van der Waals surface area contributed by atoms with E-state index in [-0.39, 0.29) is 11.1 Å². The third kappa shape index (κ3) is 4.26. The zero-order chi connectivity index (χ0) is 12.7. The summed E-state index contributed by atoms with van der Waals surface area (Å²) in [6, 6.07) is 2.61. The van der Waals surface area contributed by atoms with Crippen LogP contribution >= 0.6 is 0 Å². The molecule has 0 atom stereocenters. The van der Waals surface area contributed by atoms with Crippen LogP contribution in [0.15, 0.2) is 35.8 Å². The first kappa shape index (κ1) is 13.2. The van der Waals surface area contributed by atoms with Crippen LogP contribution in [-0.4, -0.2) is 15.6 Å². The van der Waals surface area contributed by atoms with Crippen LogP contribution in [0.5, 0.6) is 0 Å². The fourth-order valence-corrected chi connectivity index (χ4v) is 1.57. The van der Waals surface area contributed by atoms with Gasteiger partial charge in [0.05, 0.1) is 5.56 Å². The van der Waals surface area contributed by atoms with E-state index in [4.69, 9.17) is 5.11 Å². The van der Waals surface area contributed by atoms with Gasteiger partial charge in [-0.3, -0.25) is 4.79 Å². The van der Waals surface area contributed by atoms with Crippen LogP contribution in [0.25, 0.3) is 0 Å². The largest absolute Gasteiger partial charge is 0.478 e. The normalized spacial score (nSPS) is 10.1. The van der Waals surface area contributed by atoms with E-state index in [1.165, 1.54) is 6.07 Å². The average Bonchev–Trinajstić information content (AvgIpc) is 2.30. The zero-order valence-electron chi connectivity index (χ0n) is 9.76. The van der Waals surface area contributed by atoms with Gasteiger partial charge in [-0.2, -0.15) is 0 Å². The molecular weight excluding hydrogens is 218 g/mol. The molecule has 0 unspecified atom stereocenters. The Labute approximate surface area is 100 Å². The maximum absolute atomic E-state index is 11.5. The predicted molar refractivity (Wildman–Crippen MR) is 66.3 cm³/mol. The molecule has 4 heteroatoms. The number of pyridine rings is 1. The molecule has 0 aliphatic heterocycles. The summed E-state index contributed by atoms with van der Waals surface area (Å²) in [6.07, 6.45) is 7.45. The molecule has 1 heterocycles. The van der Waals surface area contributed by atoms with Gasteiger partial charge in [-0.05, 0) is 25.3 Å². The van der Waals surface area contributed by atoms with E-state index in [1.54, 1.807) is 10.8 Å². The molecule has 0 saturated heterocycles. The van der Waals surface area contributed by atoms with E-state index < -0.39 is 5.97 Å². The highest BCUT2D eigenvalue weighted by Crippen LogP contribution is 2.02. The van der Waals surface area contributed by atoms with Gasteiger partial charge in [-0.1, -0.05) is 12.5 Å². The Balaban J connectivity index is 2.52. The Morgan fingerprint density at radius 3 is 2.76 bits per heavy atom. The summed E-state index contributed by atoms with van der Waals surface area (Å²) in [5, 5.41) is 8.72. The highest BCUT2D eigenvalue weighted by Gasteiger charge is 2.04. The third-order valence-corrected chi connectivity index (χ3v) is 2.55. The Kier molecular flexibility index (Phi) is 5.20. The summed E-state index contributed by atoms with van der Waals surface area (Å²) in [5.41, 5.74) is -0.216. The first-order valence-electron chi connectivity index (χ1n) is 5.70. The number of aryl methyl sites for hydroxylation is 1. The maximum atomic E-state index is 11.5. The fourth-order valence-electron chi connectivity index (χ4n) is 1.57. The Hall–Kier alpha value is -1.84. The number of hydrogen-bond donors (Lipinski definition) is 1. The van der Waals surface area contributed by atoms with Crippen LogP contribution < -0.4 is 5.56 Å². The molecule has 0 aliphatic carbocycles. The van der Waals surface area contributed by atoms with Crippen LogP contribution in [0.2, 0.25) is 0 Å². The molecule has 1 rings (SSSR count). The minimum absolute atomic E-state index is 0.0397. The summed E-state index contributed by atoms with van der Waals surface area (Å²) < 4.78 is 1.54. The molecule has 1 N–H and O–H groups in total. The standard InChI is InChI=1S/C13H17NO3/c1-2-3-4-5-6-8-14-9-7-11(13(16)17)10-12(14)15/h2,7,9-10H,1,3-6,8H2,(H,16,17). The number of nitrogens with zero attached hydrogens (tertiary/aromatic N) is 1. The van der Waals surface area contributed by atoms with Crippen LogP contribution in [0.1, 0.15) is 36.0 Å². The molecule has 1 aromatic heterocycles. The van der Waals surface area contributed by atoms with Crippen molar-refractivity contribution in [3.63, 3.8) is 0 Å². The molecule has 1 aromatic rings. The number of rotatable bonds is 7. The molecule has 0 aromatic carbocycles. The minimum Gasteiger partial charge on any atom is -0.478 e. The summed E-state index contributed by atoms with van der Waals surface area (Å²) in [7, 11) is 0. The molecule has 0 bridgehead atoms. The van der Waals surface area contributed by atoms with Gasteiger partial charge in [0.15, 0.2) is 0 Å². The van der Waals surface area contributed by atoms with E-state index in [0.29, 0.717) is 6.54 Å². The third-order valence-electron chi connectivity index (χ3n) is 2.55. The van der Waals surface area contributed by atoms with E-state index in [1.807, 2.05) is 6.08 Å². The van der Waals surface area contributed by atoms with E-state index in [0.717, 1.165) is 31.7 Å². The molecule has 0 amide bonds. The van der Waals surface area contributed by atoms with E-state index in [2.05, 4.69) is 6.58 Å². The van der Waals surface area contributed by atoms with Crippen molar-refractivity contribution in [2.45, 2.75) is 32.2 Å². The van der Waals surface area contributed by atoms with Gasteiger partial charge >= 0.3 is 5.97 Å². The fraction of sp³-hybridized carbons (Fsp3) is 0.385. The van der Waals surface area contributed by atoms with Crippen molar-refractivity contribution in [2.24, 2.45) is 0 Å². The lowest BCUT2D eigenvalue weighted by Gasteiger charge is -2.05. The molecule has 0 saturated carbocycles. The van der Waals surface area contributed by atoms with Gasteiger partial charge in [0.2, 0.25) is 0 Å². The van der Waals surface area contributed by atoms with Crippen molar-refractivity contribution >= 4 is 5.97 Å². The second-order valence-electron chi connectivity index (χ2n) is 3.89. The summed E-state index contributed by atoms with van der Waals surface area (Å²) in [4.78, 5) is 22.2. The van der Waals surface area contributed by atoms with Gasteiger partial charge < -0.3 is 9.67 Å². The van der Waals surface area contributed by atoms with Crippen molar-refractivity contribution in [1.82, 2.24) is 4.57 Å². The highest BCUT2D eigenvalue weighted by atomic mass is 16.4. The van der Waals surface area contributed by atoms with E-state index >= 15 is 0 Å².